The summed E-state index contributed by atoms with van der Waals surface area (Å²) in [5.41, 5.74) is 10.9. The molecule has 0 bridgehead atoms. The number of amides is 1. The van der Waals surface area contributed by atoms with Gasteiger partial charge in [0.05, 0.1) is 0 Å². The fourth-order valence-electron chi connectivity index (χ4n) is 2.97. The normalized spacial score (nSPS) is 26.2. The fourth-order valence-corrected chi connectivity index (χ4v) is 2.97. The molecule has 1 atom stereocenters. The van der Waals surface area contributed by atoms with Crippen LogP contribution in [0.25, 0.3) is 0 Å². The van der Waals surface area contributed by atoms with Gasteiger partial charge in [-0.15, -0.1) is 0 Å². The quantitative estimate of drug-likeness (QED) is 0.700. The van der Waals surface area contributed by atoms with Crippen molar-refractivity contribution in [2.24, 2.45) is 17.4 Å². The second-order valence-electron chi connectivity index (χ2n) is 6.15. The van der Waals surface area contributed by atoms with E-state index in [0.717, 1.165) is 38.8 Å². The van der Waals surface area contributed by atoms with Crippen molar-refractivity contribution >= 4 is 5.91 Å². The van der Waals surface area contributed by atoms with Crippen LogP contribution in [-0.2, 0) is 4.79 Å². The van der Waals surface area contributed by atoms with Crippen LogP contribution in [0.4, 0.5) is 0 Å². The molecule has 1 saturated carbocycles. The molecule has 0 aromatic rings. The maximum absolute atomic E-state index is 11.6. The highest BCUT2D eigenvalue weighted by atomic mass is 16.1. The molecule has 18 heavy (non-hydrogen) atoms. The average Bonchev–Trinajstić information content (AvgIpc) is 3.13. The predicted molar refractivity (Wildman–Crippen MR) is 72.0 cm³/mol. The van der Waals surface area contributed by atoms with Crippen molar-refractivity contribution in [1.82, 2.24) is 9.80 Å². The van der Waals surface area contributed by atoms with Gasteiger partial charge in [0.2, 0.25) is 5.91 Å². The Morgan fingerprint density at radius 3 is 2.22 bits per heavy atom. The summed E-state index contributed by atoms with van der Waals surface area (Å²) in [4.78, 5) is 16.2. The van der Waals surface area contributed by atoms with E-state index >= 15 is 0 Å². The van der Waals surface area contributed by atoms with Crippen LogP contribution in [0.3, 0.4) is 0 Å². The molecule has 1 saturated heterocycles. The van der Waals surface area contributed by atoms with Gasteiger partial charge in [0.1, 0.15) is 5.54 Å². The summed E-state index contributed by atoms with van der Waals surface area (Å²) in [5, 5.41) is 0. The zero-order valence-corrected chi connectivity index (χ0v) is 11.6. The molecular weight excluding hydrogens is 228 g/mol. The molecule has 1 aliphatic carbocycles. The van der Waals surface area contributed by atoms with Crippen molar-refractivity contribution in [1.29, 1.82) is 0 Å². The second kappa shape index (κ2) is 5.15. The largest absolute Gasteiger partial charge is 0.368 e. The Hall–Kier alpha value is -0.650. The van der Waals surface area contributed by atoms with E-state index in [0.29, 0.717) is 18.5 Å². The standard InChI is InChI=1S/C13H26N4O/c1-16(2)11-5-7-17(8-6-11)9-13(15,12(14)18)10-3-4-10/h10-11H,3-9,15H2,1-2H3,(H2,14,18). The van der Waals surface area contributed by atoms with Crippen molar-refractivity contribution < 1.29 is 4.79 Å². The number of primary amides is 1. The number of carbonyl (C=O) groups excluding carboxylic acids is 1. The molecule has 4 N–H and O–H groups in total. The average molecular weight is 254 g/mol. The topological polar surface area (TPSA) is 75.6 Å². The number of likely N-dealkylation sites (tertiary alicyclic amines) is 1. The van der Waals surface area contributed by atoms with Gasteiger partial charge in [-0.2, -0.15) is 0 Å². The van der Waals surface area contributed by atoms with Crippen LogP contribution in [0.1, 0.15) is 25.7 Å². The minimum Gasteiger partial charge on any atom is -0.368 e. The number of piperidine rings is 1. The molecule has 2 aliphatic rings. The highest BCUT2D eigenvalue weighted by Gasteiger charge is 2.47. The van der Waals surface area contributed by atoms with Gasteiger partial charge in [0.25, 0.3) is 0 Å². The lowest BCUT2D eigenvalue weighted by Crippen LogP contribution is -2.61. The lowest BCUT2D eigenvalue weighted by Gasteiger charge is -2.39. The Bertz CT molecular complexity index is 308. The minimum absolute atomic E-state index is 0.307. The Labute approximate surface area is 109 Å². The number of carbonyl (C=O) groups is 1. The first-order chi connectivity index (χ1) is 8.43. The molecule has 0 radical (unpaired) electrons. The van der Waals surface area contributed by atoms with Gasteiger partial charge in [-0.1, -0.05) is 0 Å². The van der Waals surface area contributed by atoms with Gasteiger partial charge in [0.15, 0.2) is 0 Å². The van der Waals surface area contributed by atoms with Crippen LogP contribution < -0.4 is 11.5 Å². The summed E-state index contributed by atoms with van der Waals surface area (Å²) < 4.78 is 0. The molecular formula is C13H26N4O. The first-order valence-corrected chi connectivity index (χ1v) is 6.91. The third-order valence-electron chi connectivity index (χ3n) is 4.54. The molecule has 1 amide bonds. The molecule has 0 spiro atoms. The molecule has 5 heteroatoms. The van der Waals surface area contributed by atoms with E-state index in [1.807, 2.05) is 0 Å². The van der Waals surface area contributed by atoms with Crippen molar-refractivity contribution in [3.05, 3.63) is 0 Å². The lowest BCUT2D eigenvalue weighted by atomic mass is 9.91. The Morgan fingerprint density at radius 2 is 1.83 bits per heavy atom. The van der Waals surface area contributed by atoms with Gasteiger partial charge < -0.3 is 21.3 Å². The smallest absolute Gasteiger partial charge is 0.239 e. The molecule has 5 nitrogen and oxygen atoms in total. The van der Waals surface area contributed by atoms with Gasteiger partial charge in [-0.05, 0) is 58.8 Å². The fraction of sp³-hybridized carbons (Fsp3) is 0.923. The van der Waals surface area contributed by atoms with Gasteiger partial charge in [-0.3, -0.25) is 4.79 Å². The molecule has 2 fully saturated rings. The van der Waals surface area contributed by atoms with E-state index < -0.39 is 5.54 Å². The third kappa shape index (κ3) is 2.84. The number of hydrogen-bond acceptors (Lipinski definition) is 4. The summed E-state index contributed by atoms with van der Waals surface area (Å²) in [6, 6.07) is 0.655. The van der Waals surface area contributed by atoms with E-state index in [9.17, 15) is 4.79 Å². The number of rotatable bonds is 5. The van der Waals surface area contributed by atoms with Crippen molar-refractivity contribution in [3.8, 4) is 0 Å². The van der Waals surface area contributed by atoms with Crippen molar-refractivity contribution in [2.45, 2.75) is 37.3 Å². The summed E-state index contributed by atoms with van der Waals surface area (Å²) in [6.45, 7) is 2.66. The highest BCUT2D eigenvalue weighted by molar-refractivity contribution is 5.85. The maximum atomic E-state index is 11.6. The van der Waals surface area contributed by atoms with Crippen LogP contribution in [0.2, 0.25) is 0 Å². The zero-order chi connectivity index (χ0) is 13.3. The van der Waals surface area contributed by atoms with Crippen molar-refractivity contribution in [2.75, 3.05) is 33.7 Å². The number of hydrogen-bond donors (Lipinski definition) is 2. The predicted octanol–water partition coefficient (Wildman–Crippen LogP) is -0.395. The van der Waals surface area contributed by atoms with E-state index in [2.05, 4.69) is 23.9 Å². The molecule has 1 aliphatic heterocycles. The molecule has 0 aromatic carbocycles. The second-order valence-corrected chi connectivity index (χ2v) is 6.15. The van der Waals surface area contributed by atoms with Crippen LogP contribution in [0.15, 0.2) is 0 Å². The van der Waals surface area contributed by atoms with Crippen LogP contribution in [0.5, 0.6) is 0 Å². The SMILES string of the molecule is CN(C)C1CCN(CC(N)(C(N)=O)C2CC2)CC1. The van der Waals surface area contributed by atoms with E-state index in [1.165, 1.54) is 0 Å². The van der Waals surface area contributed by atoms with Crippen LogP contribution in [0, 0.1) is 5.92 Å². The van der Waals surface area contributed by atoms with Crippen LogP contribution in [-0.4, -0.2) is 61.0 Å². The molecule has 104 valence electrons. The van der Waals surface area contributed by atoms with E-state index in [1.54, 1.807) is 0 Å². The van der Waals surface area contributed by atoms with E-state index in [4.69, 9.17) is 11.5 Å². The molecule has 2 rings (SSSR count). The summed E-state index contributed by atoms with van der Waals surface area (Å²) in [7, 11) is 4.25. The molecule has 1 heterocycles. The zero-order valence-electron chi connectivity index (χ0n) is 11.6. The van der Waals surface area contributed by atoms with Crippen molar-refractivity contribution in [3.63, 3.8) is 0 Å². The van der Waals surface area contributed by atoms with Gasteiger partial charge >= 0.3 is 0 Å². The lowest BCUT2D eigenvalue weighted by molar-refractivity contribution is -0.124. The first kappa shape index (κ1) is 13.8. The highest BCUT2D eigenvalue weighted by Crippen LogP contribution is 2.38. The van der Waals surface area contributed by atoms with Gasteiger partial charge in [-0.25, -0.2) is 0 Å². The molecule has 1 unspecified atom stereocenters. The number of nitrogens with two attached hydrogens (primary N) is 2. The minimum atomic E-state index is -0.801. The Kier molecular flexibility index (Phi) is 3.94. The van der Waals surface area contributed by atoms with Crippen LogP contribution >= 0.6 is 0 Å². The number of nitrogens with zero attached hydrogens (tertiary/aromatic N) is 2. The Balaban J connectivity index is 1.88. The van der Waals surface area contributed by atoms with Gasteiger partial charge in [0, 0.05) is 12.6 Å². The maximum Gasteiger partial charge on any atom is 0.239 e. The first-order valence-electron chi connectivity index (χ1n) is 6.91. The third-order valence-corrected chi connectivity index (χ3v) is 4.54. The Morgan fingerprint density at radius 1 is 1.28 bits per heavy atom. The monoisotopic (exact) mass is 254 g/mol. The van der Waals surface area contributed by atoms with E-state index in [-0.39, 0.29) is 5.91 Å². The summed E-state index contributed by atoms with van der Waals surface area (Å²) in [5.74, 6) is -0.0266. The molecule has 0 aromatic heterocycles. The summed E-state index contributed by atoms with van der Waals surface area (Å²) in [6.07, 6.45) is 4.39. The summed E-state index contributed by atoms with van der Waals surface area (Å²) >= 11 is 0.